The van der Waals surface area contributed by atoms with Crippen LogP contribution in [0.25, 0.3) is 0 Å². The number of likely N-dealkylation sites (tertiary alicyclic amines) is 1. The van der Waals surface area contributed by atoms with Gasteiger partial charge < -0.3 is 25.5 Å². The summed E-state index contributed by atoms with van der Waals surface area (Å²) in [6.45, 7) is 3.86. The third-order valence-electron chi connectivity index (χ3n) is 4.92. The van der Waals surface area contributed by atoms with E-state index in [2.05, 4.69) is 24.2 Å². The van der Waals surface area contributed by atoms with Crippen LogP contribution in [0.2, 0.25) is 0 Å². The summed E-state index contributed by atoms with van der Waals surface area (Å²) in [5.74, 6) is 5.52. The van der Waals surface area contributed by atoms with Gasteiger partial charge in [-0.15, -0.1) is 0 Å². The molecule has 0 spiro atoms. The van der Waals surface area contributed by atoms with Gasteiger partial charge >= 0.3 is 0 Å². The van der Waals surface area contributed by atoms with Gasteiger partial charge in [0.2, 0.25) is 5.91 Å². The summed E-state index contributed by atoms with van der Waals surface area (Å²) >= 11 is 0. The largest absolute Gasteiger partial charge is 0.388 e. The molecule has 1 heterocycles. The number of amides is 1. The Morgan fingerprint density at radius 3 is 2.65 bits per heavy atom. The fourth-order valence-electron chi connectivity index (χ4n) is 3.38. The van der Waals surface area contributed by atoms with Crippen LogP contribution in [0.5, 0.6) is 0 Å². The topological polar surface area (TPSA) is 91.4 Å². The van der Waals surface area contributed by atoms with E-state index in [1.165, 1.54) is 11.9 Å². The fraction of sp³-hybridized carbons (Fsp3) is 0.579. The molecule has 0 saturated carbocycles. The Hall–Kier alpha value is -2.12. The molecule has 1 amide bonds. The normalized spacial score (nSPS) is 18.0. The van der Waals surface area contributed by atoms with Crippen molar-refractivity contribution in [3.8, 4) is 0 Å². The Labute approximate surface area is 155 Å². The van der Waals surface area contributed by atoms with Crippen molar-refractivity contribution in [3.63, 3.8) is 0 Å². The van der Waals surface area contributed by atoms with Gasteiger partial charge in [-0.3, -0.25) is 4.79 Å². The van der Waals surface area contributed by atoms with Gasteiger partial charge in [-0.25, -0.2) is 0 Å². The quantitative estimate of drug-likeness (QED) is 0.239. The first-order chi connectivity index (χ1) is 12.5. The zero-order chi connectivity index (χ0) is 19.0. The molecule has 0 radical (unpaired) electrons. The lowest BCUT2D eigenvalue weighted by atomic mass is 9.90. The van der Waals surface area contributed by atoms with Crippen molar-refractivity contribution in [1.29, 1.82) is 0 Å². The molecule has 1 fully saturated rings. The van der Waals surface area contributed by atoms with Crippen molar-refractivity contribution in [1.82, 2.24) is 9.80 Å². The Morgan fingerprint density at radius 1 is 1.42 bits per heavy atom. The van der Waals surface area contributed by atoms with Crippen molar-refractivity contribution in [3.05, 3.63) is 35.9 Å². The number of piperidine rings is 1. The summed E-state index contributed by atoms with van der Waals surface area (Å²) in [5.41, 5.74) is 0.298. The van der Waals surface area contributed by atoms with Gasteiger partial charge in [0.1, 0.15) is 13.1 Å². The number of rotatable bonds is 8. The number of benzene rings is 1. The first kappa shape index (κ1) is 20.2. The average Bonchev–Trinajstić information content (AvgIpc) is 2.63. The number of methoxy groups -OCH3 is 1. The number of ether oxygens (including phenoxy) is 1. The molecule has 0 aromatic heterocycles. The molecule has 7 nitrogen and oxygen atoms in total. The monoisotopic (exact) mass is 362 g/mol. The van der Waals surface area contributed by atoms with E-state index < -0.39 is 5.60 Å². The highest BCUT2D eigenvalue weighted by molar-refractivity contribution is 5.77. The summed E-state index contributed by atoms with van der Waals surface area (Å²) in [6.07, 6.45) is 2.99. The lowest BCUT2D eigenvalue weighted by Gasteiger charge is -2.40. The Morgan fingerprint density at radius 2 is 2.08 bits per heavy atom. The van der Waals surface area contributed by atoms with Gasteiger partial charge in [0.15, 0.2) is 0 Å². The van der Waals surface area contributed by atoms with Gasteiger partial charge in [0.05, 0.1) is 5.60 Å². The standard InChI is InChI=1S/C19H30N4O3/c1-16(17-6-4-3-5-7-17)12-18(24)23-10-8-19(25,9-11-23)13-22(14-21-20)15-26-2/h3-7,14,16,25H,8-13,15,20H2,1-2H3/b21-14-/t16-/m1/s1. The summed E-state index contributed by atoms with van der Waals surface area (Å²) in [7, 11) is 1.58. The van der Waals surface area contributed by atoms with Crippen LogP contribution in [0, 0.1) is 0 Å². The minimum Gasteiger partial charge on any atom is -0.388 e. The molecule has 3 N–H and O–H groups in total. The lowest BCUT2D eigenvalue weighted by molar-refractivity contribution is -0.136. The van der Waals surface area contributed by atoms with E-state index in [0.29, 0.717) is 45.6 Å². The third kappa shape index (κ3) is 5.71. The number of carbonyl (C=O) groups is 1. The van der Waals surface area contributed by atoms with E-state index in [1.807, 2.05) is 23.1 Å². The van der Waals surface area contributed by atoms with E-state index in [1.54, 1.807) is 12.0 Å². The molecule has 2 rings (SSSR count). The molecule has 7 heteroatoms. The highest BCUT2D eigenvalue weighted by Crippen LogP contribution is 2.26. The maximum atomic E-state index is 12.6. The number of nitrogens with two attached hydrogens (primary N) is 1. The molecule has 1 aliphatic rings. The molecular formula is C19H30N4O3. The first-order valence-electron chi connectivity index (χ1n) is 8.99. The molecule has 0 unspecified atom stereocenters. The second-order valence-corrected chi connectivity index (χ2v) is 7.05. The van der Waals surface area contributed by atoms with Crippen molar-refractivity contribution < 1.29 is 14.6 Å². The number of hydrogen-bond acceptors (Lipinski definition) is 5. The predicted molar refractivity (Wildman–Crippen MR) is 101 cm³/mol. The Balaban J connectivity index is 1.85. The second kappa shape index (κ2) is 9.54. The molecule has 1 aromatic carbocycles. The number of hydrazone groups is 1. The van der Waals surface area contributed by atoms with Crippen LogP contribution in [0.4, 0.5) is 0 Å². The van der Waals surface area contributed by atoms with E-state index in [0.717, 1.165) is 0 Å². The van der Waals surface area contributed by atoms with Crippen molar-refractivity contribution >= 4 is 12.2 Å². The maximum absolute atomic E-state index is 12.6. The number of carbonyl (C=O) groups excluding carboxylic acids is 1. The number of aliphatic hydroxyl groups is 1. The highest BCUT2D eigenvalue weighted by atomic mass is 16.5. The van der Waals surface area contributed by atoms with Crippen LogP contribution >= 0.6 is 0 Å². The maximum Gasteiger partial charge on any atom is 0.223 e. The van der Waals surface area contributed by atoms with Crippen LogP contribution in [-0.4, -0.2) is 66.2 Å². The lowest BCUT2D eigenvalue weighted by Crippen LogP contribution is -2.52. The summed E-state index contributed by atoms with van der Waals surface area (Å²) in [5, 5.41) is 14.3. The van der Waals surface area contributed by atoms with Crippen molar-refractivity contribution in [2.45, 2.75) is 37.7 Å². The highest BCUT2D eigenvalue weighted by Gasteiger charge is 2.35. The van der Waals surface area contributed by atoms with Crippen LogP contribution in [-0.2, 0) is 9.53 Å². The van der Waals surface area contributed by atoms with E-state index >= 15 is 0 Å². The molecule has 1 aromatic rings. The molecule has 26 heavy (non-hydrogen) atoms. The van der Waals surface area contributed by atoms with Crippen LogP contribution in [0.3, 0.4) is 0 Å². The summed E-state index contributed by atoms with van der Waals surface area (Å²) < 4.78 is 5.09. The van der Waals surface area contributed by atoms with E-state index in [9.17, 15) is 9.90 Å². The van der Waals surface area contributed by atoms with Gasteiger partial charge in [-0.1, -0.05) is 37.3 Å². The molecule has 1 atom stereocenters. The third-order valence-corrected chi connectivity index (χ3v) is 4.92. The summed E-state index contributed by atoms with van der Waals surface area (Å²) in [4.78, 5) is 16.2. The molecule has 0 bridgehead atoms. The first-order valence-corrected chi connectivity index (χ1v) is 8.99. The Kier molecular flexibility index (Phi) is 7.41. The SMILES string of the molecule is COCN(/C=N\N)CC1(O)CCN(C(=O)C[C@@H](C)c2ccccc2)CC1. The zero-order valence-electron chi connectivity index (χ0n) is 15.7. The van der Waals surface area contributed by atoms with E-state index in [4.69, 9.17) is 10.6 Å². The average molecular weight is 362 g/mol. The molecule has 144 valence electrons. The minimum absolute atomic E-state index is 0.140. The van der Waals surface area contributed by atoms with Crippen molar-refractivity contribution in [2.75, 3.05) is 33.5 Å². The fourth-order valence-corrected chi connectivity index (χ4v) is 3.38. The number of hydrogen-bond donors (Lipinski definition) is 2. The van der Waals surface area contributed by atoms with Crippen molar-refractivity contribution in [2.24, 2.45) is 10.9 Å². The number of nitrogens with zero attached hydrogens (tertiary/aromatic N) is 3. The molecule has 1 saturated heterocycles. The second-order valence-electron chi connectivity index (χ2n) is 7.05. The van der Waals surface area contributed by atoms with E-state index in [-0.39, 0.29) is 11.8 Å². The molecule has 0 aliphatic carbocycles. The van der Waals surface area contributed by atoms with Gasteiger partial charge in [0, 0.05) is 33.2 Å². The van der Waals surface area contributed by atoms with Gasteiger partial charge in [0.25, 0.3) is 0 Å². The molecular weight excluding hydrogens is 332 g/mol. The predicted octanol–water partition coefficient (Wildman–Crippen LogP) is 1.34. The van der Waals surface area contributed by atoms with Crippen LogP contribution in [0.1, 0.15) is 37.7 Å². The smallest absolute Gasteiger partial charge is 0.223 e. The van der Waals surface area contributed by atoms with Gasteiger partial charge in [-0.2, -0.15) is 5.10 Å². The molecule has 1 aliphatic heterocycles. The zero-order valence-corrected chi connectivity index (χ0v) is 15.7. The van der Waals surface area contributed by atoms with Crippen LogP contribution in [0.15, 0.2) is 35.4 Å². The van der Waals surface area contributed by atoms with Gasteiger partial charge in [-0.05, 0) is 24.3 Å². The summed E-state index contributed by atoms with van der Waals surface area (Å²) in [6, 6.07) is 10.1. The Bertz CT molecular complexity index is 586. The minimum atomic E-state index is -0.873. The van der Waals surface area contributed by atoms with Crippen LogP contribution < -0.4 is 5.84 Å².